The van der Waals surface area contributed by atoms with Crippen LogP contribution in [0.5, 0.6) is 0 Å². The fourth-order valence-corrected chi connectivity index (χ4v) is 2.41. The summed E-state index contributed by atoms with van der Waals surface area (Å²) in [6.07, 6.45) is 0.501. The van der Waals surface area contributed by atoms with Gasteiger partial charge in [-0.2, -0.15) is 5.10 Å². The number of primary sulfonamides is 1. The van der Waals surface area contributed by atoms with Gasteiger partial charge >= 0.3 is 0 Å². The molecule has 0 aliphatic carbocycles. The quantitative estimate of drug-likeness (QED) is 0.703. The third-order valence-electron chi connectivity index (χ3n) is 2.75. The van der Waals surface area contributed by atoms with Gasteiger partial charge in [0, 0.05) is 18.5 Å². The number of nitrogens with one attached hydrogen (secondary N) is 2. The number of benzene rings is 1. The SMILES string of the molecule is NS(=O)(=O)Cc1ccc(NC(=O)C2=NNC(=O)CC2)cc1. The van der Waals surface area contributed by atoms with Crippen LogP contribution in [0, 0.1) is 0 Å². The van der Waals surface area contributed by atoms with Crippen molar-refractivity contribution in [2.75, 3.05) is 5.32 Å². The third-order valence-corrected chi connectivity index (χ3v) is 3.48. The van der Waals surface area contributed by atoms with Gasteiger partial charge in [-0.05, 0) is 17.7 Å². The Morgan fingerprint density at radius 2 is 1.95 bits per heavy atom. The summed E-state index contributed by atoms with van der Waals surface area (Å²) in [7, 11) is -3.58. The molecule has 0 atom stereocenters. The minimum Gasteiger partial charge on any atom is -0.321 e. The number of hydrogen-bond acceptors (Lipinski definition) is 5. The molecule has 21 heavy (non-hydrogen) atoms. The molecular weight excluding hydrogens is 296 g/mol. The lowest BCUT2D eigenvalue weighted by Crippen LogP contribution is -2.32. The molecule has 0 saturated heterocycles. The second-order valence-corrected chi connectivity index (χ2v) is 6.17. The Kier molecular flexibility index (Phi) is 4.34. The molecule has 0 bridgehead atoms. The molecule has 0 spiro atoms. The van der Waals surface area contributed by atoms with E-state index in [1.165, 1.54) is 0 Å². The number of hydrazone groups is 1. The van der Waals surface area contributed by atoms with E-state index in [2.05, 4.69) is 15.8 Å². The molecule has 0 fully saturated rings. The van der Waals surface area contributed by atoms with Crippen molar-refractivity contribution in [2.24, 2.45) is 10.2 Å². The number of sulfonamides is 1. The number of nitrogens with zero attached hydrogens (tertiary/aromatic N) is 1. The molecule has 1 aromatic carbocycles. The van der Waals surface area contributed by atoms with E-state index in [1.807, 2.05) is 0 Å². The molecule has 2 rings (SSSR count). The zero-order chi connectivity index (χ0) is 15.5. The van der Waals surface area contributed by atoms with Crippen LogP contribution in [0.3, 0.4) is 0 Å². The Morgan fingerprint density at radius 3 is 2.48 bits per heavy atom. The predicted molar refractivity (Wildman–Crippen MR) is 76.7 cm³/mol. The highest BCUT2D eigenvalue weighted by Crippen LogP contribution is 2.12. The normalized spacial score (nSPS) is 15.1. The average Bonchev–Trinajstić information content (AvgIpc) is 2.40. The van der Waals surface area contributed by atoms with Gasteiger partial charge < -0.3 is 5.32 Å². The maximum absolute atomic E-state index is 11.9. The van der Waals surface area contributed by atoms with Gasteiger partial charge in [0.1, 0.15) is 5.71 Å². The Morgan fingerprint density at radius 1 is 1.29 bits per heavy atom. The highest BCUT2D eigenvalue weighted by molar-refractivity contribution is 7.88. The number of nitrogens with two attached hydrogens (primary N) is 1. The number of rotatable bonds is 4. The first-order valence-corrected chi connectivity index (χ1v) is 7.81. The third kappa shape index (κ3) is 4.65. The van der Waals surface area contributed by atoms with Crippen molar-refractivity contribution in [3.63, 3.8) is 0 Å². The number of carbonyl (C=O) groups excluding carboxylic acids is 2. The molecule has 1 aromatic rings. The van der Waals surface area contributed by atoms with Gasteiger partial charge in [-0.25, -0.2) is 19.0 Å². The van der Waals surface area contributed by atoms with Gasteiger partial charge in [-0.3, -0.25) is 9.59 Å². The van der Waals surface area contributed by atoms with Crippen LogP contribution in [-0.2, 0) is 25.4 Å². The second kappa shape index (κ2) is 6.02. The summed E-state index contributed by atoms with van der Waals surface area (Å²) in [5.41, 5.74) is 3.50. The van der Waals surface area contributed by atoms with Crippen LogP contribution in [0.15, 0.2) is 29.4 Å². The molecule has 112 valence electrons. The van der Waals surface area contributed by atoms with Crippen LogP contribution >= 0.6 is 0 Å². The lowest BCUT2D eigenvalue weighted by atomic mass is 10.1. The molecule has 9 heteroatoms. The monoisotopic (exact) mass is 310 g/mol. The lowest BCUT2D eigenvalue weighted by molar-refractivity contribution is -0.121. The van der Waals surface area contributed by atoms with E-state index in [9.17, 15) is 18.0 Å². The van der Waals surface area contributed by atoms with Gasteiger partial charge in [0.2, 0.25) is 15.9 Å². The molecule has 4 N–H and O–H groups in total. The zero-order valence-electron chi connectivity index (χ0n) is 11.0. The summed E-state index contributed by atoms with van der Waals surface area (Å²) in [4.78, 5) is 22.8. The molecule has 1 aliphatic heterocycles. The van der Waals surface area contributed by atoms with E-state index >= 15 is 0 Å². The average molecular weight is 310 g/mol. The van der Waals surface area contributed by atoms with Gasteiger partial charge in [0.25, 0.3) is 5.91 Å². The summed E-state index contributed by atoms with van der Waals surface area (Å²) >= 11 is 0. The summed E-state index contributed by atoms with van der Waals surface area (Å²) in [6.45, 7) is 0. The highest BCUT2D eigenvalue weighted by atomic mass is 32.2. The Labute approximate surface area is 121 Å². The van der Waals surface area contributed by atoms with Gasteiger partial charge in [0.15, 0.2) is 0 Å². The number of hydrogen-bond donors (Lipinski definition) is 3. The highest BCUT2D eigenvalue weighted by Gasteiger charge is 2.18. The minimum absolute atomic E-state index is 0.222. The maximum atomic E-state index is 11.9. The fourth-order valence-electron chi connectivity index (χ4n) is 1.76. The Bertz CT molecular complexity index is 694. The van der Waals surface area contributed by atoms with E-state index in [-0.39, 0.29) is 30.2 Å². The smallest absolute Gasteiger partial charge is 0.271 e. The fraction of sp³-hybridized carbons (Fsp3) is 0.250. The first-order chi connectivity index (χ1) is 9.83. The van der Waals surface area contributed by atoms with Crippen molar-refractivity contribution in [1.29, 1.82) is 0 Å². The first-order valence-electron chi connectivity index (χ1n) is 6.10. The van der Waals surface area contributed by atoms with Crippen molar-refractivity contribution in [1.82, 2.24) is 5.43 Å². The zero-order valence-corrected chi connectivity index (χ0v) is 11.8. The summed E-state index contributed by atoms with van der Waals surface area (Å²) in [5.74, 6) is -0.895. The van der Waals surface area contributed by atoms with E-state index < -0.39 is 15.9 Å². The van der Waals surface area contributed by atoms with Gasteiger partial charge in [0.05, 0.1) is 5.75 Å². The largest absolute Gasteiger partial charge is 0.321 e. The molecule has 0 saturated carbocycles. The molecule has 1 heterocycles. The van der Waals surface area contributed by atoms with Crippen LogP contribution in [0.25, 0.3) is 0 Å². The van der Waals surface area contributed by atoms with Crippen LogP contribution in [-0.4, -0.2) is 25.9 Å². The van der Waals surface area contributed by atoms with Crippen LogP contribution in [0.1, 0.15) is 18.4 Å². The van der Waals surface area contributed by atoms with Crippen LogP contribution in [0.4, 0.5) is 5.69 Å². The molecule has 0 radical (unpaired) electrons. The van der Waals surface area contributed by atoms with Crippen molar-refractivity contribution < 1.29 is 18.0 Å². The van der Waals surface area contributed by atoms with E-state index in [4.69, 9.17) is 5.14 Å². The Balaban J connectivity index is 2.00. The summed E-state index contributed by atoms with van der Waals surface area (Å²) in [5, 5.41) is 11.2. The van der Waals surface area contributed by atoms with Crippen molar-refractivity contribution in [3.8, 4) is 0 Å². The van der Waals surface area contributed by atoms with Crippen molar-refractivity contribution in [3.05, 3.63) is 29.8 Å². The first kappa shape index (κ1) is 15.1. The van der Waals surface area contributed by atoms with Crippen LogP contribution < -0.4 is 15.9 Å². The Hall–Kier alpha value is -2.26. The van der Waals surface area contributed by atoms with E-state index in [0.29, 0.717) is 11.3 Å². The number of anilines is 1. The molecule has 0 aromatic heterocycles. The summed E-state index contributed by atoms with van der Waals surface area (Å²) < 4.78 is 21.9. The van der Waals surface area contributed by atoms with Crippen molar-refractivity contribution in [2.45, 2.75) is 18.6 Å². The molecular formula is C12H14N4O4S. The molecule has 2 amide bonds. The minimum atomic E-state index is -3.58. The lowest BCUT2D eigenvalue weighted by Gasteiger charge is -2.12. The van der Waals surface area contributed by atoms with Gasteiger partial charge in [-0.1, -0.05) is 12.1 Å². The van der Waals surface area contributed by atoms with E-state index in [1.54, 1.807) is 24.3 Å². The molecule has 1 aliphatic rings. The topological polar surface area (TPSA) is 131 Å². The number of carbonyl (C=O) groups is 2. The number of amides is 2. The predicted octanol–water partition coefficient (Wildman–Crippen LogP) is -0.320. The molecule has 0 unspecified atom stereocenters. The van der Waals surface area contributed by atoms with Crippen molar-refractivity contribution >= 4 is 33.2 Å². The summed E-state index contributed by atoms with van der Waals surface area (Å²) in [6, 6.07) is 6.26. The molecule has 8 nitrogen and oxygen atoms in total. The standard InChI is InChI=1S/C12H14N4O4S/c13-21(19,20)7-8-1-3-9(4-2-8)14-12(18)10-5-6-11(17)16-15-10/h1-4H,5-7H2,(H,14,18)(H,16,17)(H2,13,19,20). The van der Waals surface area contributed by atoms with E-state index in [0.717, 1.165) is 0 Å². The second-order valence-electron chi connectivity index (χ2n) is 4.55. The van der Waals surface area contributed by atoms with Gasteiger partial charge in [-0.15, -0.1) is 0 Å². The van der Waals surface area contributed by atoms with Crippen LogP contribution in [0.2, 0.25) is 0 Å². The maximum Gasteiger partial charge on any atom is 0.271 e.